The van der Waals surface area contributed by atoms with Gasteiger partial charge in [-0.25, -0.2) is 8.78 Å². The van der Waals surface area contributed by atoms with Gasteiger partial charge in [-0.1, -0.05) is 13.0 Å². The Morgan fingerprint density at radius 3 is 2.79 bits per heavy atom. The summed E-state index contributed by atoms with van der Waals surface area (Å²) in [6.45, 7) is 3.83. The molecule has 1 aromatic carbocycles. The molecule has 0 saturated carbocycles. The van der Waals surface area contributed by atoms with Gasteiger partial charge in [-0.2, -0.15) is 0 Å². The number of ether oxygens (including phenoxy) is 1. The predicted molar refractivity (Wildman–Crippen MR) is 86.3 cm³/mol. The number of aliphatic hydroxyl groups excluding tert-OH is 1. The van der Waals surface area contributed by atoms with Gasteiger partial charge in [0.25, 0.3) is 0 Å². The van der Waals surface area contributed by atoms with Gasteiger partial charge in [0, 0.05) is 24.7 Å². The molecule has 24 heavy (non-hydrogen) atoms. The van der Waals surface area contributed by atoms with Crippen molar-refractivity contribution in [1.82, 2.24) is 4.90 Å². The van der Waals surface area contributed by atoms with E-state index in [1.807, 2.05) is 11.8 Å². The molecule has 0 amide bonds. The Morgan fingerprint density at radius 1 is 1.29 bits per heavy atom. The summed E-state index contributed by atoms with van der Waals surface area (Å²) in [6.07, 6.45) is 1.73. The third-order valence-electron chi connectivity index (χ3n) is 3.55. The molecule has 6 heteroatoms. The second-order valence-corrected chi connectivity index (χ2v) is 5.72. The molecule has 0 saturated heterocycles. The fraction of sp³-hybridized carbons (Fsp3) is 0.444. The van der Waals surface area contributed by atoms with Gasteiger partial charge < -0.3 is 14.3 Å². The van der Waals surface area contributed by atoms with Gasteiger partial charge in [0.05, 0.1) is 19.0 Å². The molecule has 1 unspecified atom stereocenters. The highest BCUT2D eigenvalue weighted by Crippen LogP contribution is 2.13. The lowest BCUT2D eigenvalue weighted by Gasteiger charge is -2.24. The molecule has 0 aliphatic heterocycles. The SMILES string of the molecule is CCCN(Cc1ccc(F)cc1F)CC(O)COCc1ccco1. The van der Waals surface area contributed by atoms with E-state index in [4.69, 9.17) is 9.15 Å². The summed E-state index contributed by atoms with van der Waals surface area (Å²) in [5, 5.41) is 10.1. The van der Waals surface area contributed by atoms with Gasteiger partial charge in [-0.3, -0.25) is 4.90 Å². The van der Waals surface area contributed by atoms with E-state index < -0.39 is 17.7 Å². The summed E-state index contributed by atoms with van der Waals surface area (Å²) in [7, 11) is 0. The normalized spacial score (nSPS) is 12.7. The van der Waals surface area contributed by atoms with Crippen LogP contribution in [0.5, 0.6) is 0 Å². The topological polar surface area (TPSA) is 45.8 Å². The van der Waals surface area contributed by atoms with Crippen LogP contribution in [-0.2, 0) is 17.9 Å². The molecular weight excluding hydrogens is 316 g/mol. The molecule has 1 atom stereocenters. The third kappa shape index (κ3) is 6.03. The number of benzene rings is 1. The Kier molecular flexibility index (Phi) is 7.36. The van der Waals surface area contributed by atoms with E-state index in [-0.39, 0.29) is 6.61 Å². The Bertz CT molecular complexity index is 604. The maximum Gasteiger partial charge on any atom is 0.130 e. The minimum atomic E-state index is -0.699. The van der Waals surface area contributed by atoms with Crippen LogP contribution in [0.3, 0.4) is 0 Å². The smallest absolute Gasteiger partial charge is 0.130 e. The zero-order valence-corrected chi connectivity index (χ0v) is 13.8. The fourth-order valence-electron chi connectivity index (χ4n) is 2.48. The number of halogens is 2. The van der Waals surface area contributed by atoms with E-state index in [9.17, 15) is 13.9 Å². The first-order valence-corrected chi connectivity index (χ1v) is 8.03. The number of aliphatic hydroxyl groups is 1. The Hall–Kier alpha value is -1.76. The van der Waals surface area contributed by atoms with Crippen LogP contribution in [0.4, 0.5) is 8.78 Å². The number of nitrogens with zero attached hydrogens (tertiary/aromatic N) is 1. The Morgan fingerprint density at radius 2 is 2.12 bits per heavy atom. The van der Waals surface area contributed by atoms with Crippen LogP contribution in [-0.4, -0.2) is 35.8 Å². The third-order valence-corrected chi connectivity index (χ3v) is 3.55. The zero-order valence-electron chi connectivity index (χ0n) is 13.8. The maximum absolute atomic E-state index is 13.8. The summed E-state index contributed by atoms with van der Waals surface area (Å²) in [5.41, 5.74) is 0.411. The minimum Gasteiger partial charge on any atom is -0.467 e. The van der Waals surface area contributed by atoms with E-state index in [1.54, 1.807) is 18.4 Å². The minimum absolute atomic E-state index is 0.160. The monoisotopic (exact) mass is 339 g/mol. The van der Waals surface area contributed by atoms with Crippen molar-refractivity contribution in [3.63, 3.8) is 0 Å². The molecule has 0 bridgehead atoms. The van der Waals surface area contributed by atoms with Crippen molar-refractivity contribution in [1.29, 1.82) is 0 Å². The lowest BCUT2D eigenvalue weighted by Crippen LogP contribution is -2.35. The van der Waals surface area contributed by atoms with Crippen LogP contribution in [0.1, 0.15) is 24.7 Å². The largest absolute Gasteiger partial charge is 0.467 e. The molecule has 1 aromatic heterocycles. The van der Waals surface area contributed by atoms with E-state index in [0.717, 1.165) is 12.5 Å². The number of furan rings is 1. The van der Waals surface area contributed by atoms with Crippen LogP contribution in [0, 0.1) is 11.6 Å². The lowest BCUT2D eigenvalue weighted by molar-refractivity contribution is 0.00373. The lowest BCUT2D eigenvalue weighted by atomic mass is 10.1. The molecule has 0 spiro atoms. The molecule has 0 fully saturated rings. The van der Waals surface area contributed by atoms with Crippen molar-refractivity contribution < 1.29 is 23.0 Å². The molecule has 4 nitrogen and oxygen atoms in total. The summed E-state index contributed by atoms with van der Waals surface area (Å²) in [5.74, 6) is -0.467. The highest BCUT2D eigenvalue weighted by molar-refractivity contribution is 5.18. The van der Waals surface area contributed by atoms with Crippen LogP contribution in [0.2, 0.25) is 0 Å². The summed E-state index contributed by atoms with van der Waals surface area (Å²) < 4.78 is 37.3. The highest BCUT2D eigenvalue weighted by Gasteiger charge is 2.14. The second kappa shape index (κ2) is 9.52. The quantitative estimate of drug-likeness (QED) is 0.721. The molecule has 2 rings (SSSR count). The number of hydrogen-bond acceptors (Lipinski definition) is 4. The number of hydrogen-bond donors (Lipinski definition) is 1. The van der Waals surface area contributed by atoms with Crippen molar-refractivity contribution in [2.24, 2.45) is 0 Å². The van der Waals surface area contributed by atoms with E-state index in [0.29, 0.717) is 37.6 Å². The van der Waals surface area contributed by atoms with Crippen LogP contribution in [0.15, 0.2) is 41.0 Å². The fourth-order valence-corrected chi connectivity index (χ4v) is 2.48. The zero-order chi connectivity index (χ0) is 17.4. The van der Waals surface area contributed by atoms with Gasteiger partial charge in [-0.15, -0.1) is 0 Å². The van der Waals surface area contributed by atoms with E-state index in [2.05, 4.69) is 0 Å². The van der Waals surface area contributed by atoms with Gasteiger partial charge in [0.2, 0.25) is 0 Å². The first kappa shape index (κ1) is 18.6. The first-order chi connectivity index (χ1) is 11.6. The van der Waals surface area contributed by atoms with Crippen molar-refractivity contribution >= 4 is 0 Å². The Balaban J connectivity index is 1.82. The van der Waals surface area contributed by atoms with Crippen molar-refractivity contribution in [3.05, 3.63) is 59.6 Å². The summed E-state index contributed by atoms with van der Waals surface area (Å²) in [4.78, 5) is 1.93. The van der Waals surface area contributed by atoms with Crippen molar-refractivity contribution in [3.8, 4) is 0 Å². The Labute approximate surface area is 140 Å². The molecule has 1 heterocycles. The van der Waals surface area contributed by atoms with E-state index in [1.165, 1.54) is 12.1 Å². The summed E-state index contributed by atoms with van der Waals surface area (Å²) >= 11 is 0. The molecular formula is C18H23F2NO3. The molecule has 132 valence electrons. The number of rotatable bonds is 10. The summed E-state index contributed by atoms with van der Waals surface area (Å²) in [6, 6.07) is 7.13. The maximum atomic E-state index is 13.8. The molecule has 0 aliphatic rings. The van der Waals surface area contributed by atoms with Crippen molar-refractivity contribution in [2.75, 3.05) is 19.7 Å². The van der Waals surface area contributed by atoms with Gasteiger partial charge >= 0.3 is 0 Å². The van der Waals surface area contributed by atoms with Gasteiger partial charge in [0.1, 0.15) is 24.0 Å². The average Bonchev–Trinajstić information content (AvgIpc) is 3.03. The van der Waals surface area contributed by atoms with Gasteiger partial charge in [0.15, 0.2) is 0 Å². The van der Waals surface area contributed by atoms with Crippen molar-refractivity contribution in [2.45, 2.75) is 32.6 Å². The first-order valence-electron chi connectivity index (χ1n) is 8.03. The molecule has 0 radical (unpaired) electrons. The van der Waals surface area contributed by atoms with Crippen LogP contribution < -0.4 is 0 Å². The molecule has 1 N–H and O–H groups in total. The molecule has 2 aromatic rings. The van der Waals surface area contributed by atoms with Crippen LogP contribution in [0.25, 0.3) is 0 Å². The average molecular weight is 339 g/mol. The predicted octanol–water partition coefficient (Wildman–Crippen LogP) is 3.35. The van der Waals surface area contributed by atoms with E-state index >= 15 is 0 Å². The highest BCUT2D eigenvalue weighted by atomic mass is 19.1. The second-order valence-electron chi connectivity index (χ2n) is 5.72. The molecule has 0 aliphatic carbocycles. The standard InChI is InChI=1S/C18H23F2NO3/c1-2-7-21(10-14-5-6-15(19)9-18(14)20)11-16(22)12-23-13-17-4-3-8-24-17/h3-6,8-9,16,22H,2,7,10-13H2,1H3. The van der Waals surface area contributed by atoms with Crippen LogP contribution >= 0.6 is 0 Å². The van der Waals surface area contributed by atoms with Gasteiger partial charge in [-0.05, 0) is 31.2 Å².